The highest BCUT2D eigenvalue weighted by Gasteiger charge is 2.15. The van der Waals surface area contributed by atoms with E-state index in [-0.39, 0.29) is 6.04 Å². The van der Waals surface area contributed by atoms with E-state index in [9.17, 15) is 0 Å². The Morgan fingerprint density at radius 1 is 1.10 bits per heavy atom. The van der Waals surface area contributed by atoms with Crippen LogP contribution in [0.25, 0.3) is 0 Å². The number of hydrogen-bond acceptors (Lipinski definition) is 3. The molecule has 1 atom stereocenters. The zero-order valence-electron chi connectivity index (χ0n) is 12.8. The van der Waals surface area contributed by atoms with Gasteiger partial charge < -0.3 is 5.32 Å². The molecule has 0 fully saturated rings. The molecule has 0 saturated heterocycles. The summed E-state index contributed by atoms with van der Waals surface area (Å²) in [7, 11) is 0. The summed E-state index contributed by atoms with van der Waals surface area (Å²) in [6.07, 6.45) is 2.94. The van der Waals surface area contributed by atoms with Gasteiger partial charge in [0.2, 0.25) is 0 Å². The van der Waals surface area contributed by atoms with Gasteiger partial charge in [-0.25, -0.2) is 9.97 Å². The number of aryl methyl sites for hydroxylation is 3. The summed E-state index contributed by atoms with van der Waals surface area (Å²) in [5.41, 5.74) is 4.94. The first kappa shape index (κ1) is 14.7. The molecule has 0 spiro atoms. The summed E-state index contributed by atoms with van der Waals surface area (Å²) >= 11 is 0. The topological polar surface area (TPSA) is 37.8 Å². The van der Waals surface area contributed by atoms with Gasteiger partial charge in [-0.15, -0.1) is 0 Å². The Labute approximate surface area is 121 Å². The number of nitrogens with one attached hydrogen (secondary N) is 1. The van der Waals surface area contributed by atoms with E-state index in [1.54, 1.807) is 0 Å². The maximum absolute atomic E-state index is 4.58. The van der Waals surface area contributed by atoms with E-state index in [4.69, 9.17) is 0 Å². The van der Waals surface area contributed by atoms with Gasteiger partial charge in [0.15, 0.2) is 0 Å². The molecule has 1 aromatic carbocycles. The molecule has 1 aromatic heterocycles. The molecule has 3 heteroatoms. The van der Waals surface area contributed by atoms with Crippen LogP contribution in [0.3, 0.4) is 0 Å². The molecule has 0 bridgehead atoms. The second-order valence-electron chi connectivity index (χ2n) is 5.26. The van der Waals surface area contributed by atoms with E-state index in [2.05, 4.69) is 54.3 Å². The second-order valence-corrected chi connectivity index (χ2v) is 5.26. The number of aromatic nitrogens is 2. The molecule has 0 aliphatic rings. The van der Waals surface area contributed by atoms with Crippen LogP contribution in [0.1, 0.15) is 47.6 Å². The molecule has 0 saturated carbocycles. The van der Waals surface area contributed by atoms with Crippen LogP contribution in [-0.4, -0.2) is 16.5 Å². The van der Waals surface area contributed by atoms with Crippen molar-refractivity contribution >= 4 is 0 Å². The standard InChI is InChI=1S/C17H23N3/c1-5-9-19-17(16-8-10-18-14(4)20-16)15-7-6-12(2)13(3)11-15/h6-8,10-11,17,19H,5,9H2,1-4H3. The first-order valence-corrected chi connectivity index (χ1v) is 7.22. The fourth-order valence-corrected chi connectivity index (χ4v) is 2.26. The molecule has 0 aliphatic carbocycles. The molecule has 1 unspecified atom stereocenters. The van der Waals surface area contributed by atoms with Crippen molar-refractivity contribution in [1.29, 1.82) is 0 Å². The minimum Gasteiger partial charge on any atom is -0.305 e. The molecule has 1 N–H and O–H groups in total. The van der Waals surface area contributed by atoms with Gasteiger partial charge in [-0.05, 0) is 56.5 Å². The van der Waals surface area contributed by atoms with Gasteiger partial charge in [-0.3, -0.25) is 0 Å². The van der Waals surface area contributed by atoms with Gasteiger partial charge in [-0.1, -0.05) is 25.1 Å². The van der Waals surface area contributed by atoms with E-state index in [0.717, 1.165) is 24.5 Å². The first-order valence-electron chi connectivity index (χ1n) is 7.22. The quantitative estimate of drug-likeness (QED) is 0.903. The highest BCUT2D eigenvalue weighted by Crippen LogP contribution is 2.22. The Kier molecular flexibility index (Phi) is 4.85. The molecule has 0 aliphatic heterocycles. The Morgan fingerprint density at radius 3 is 2.55 bits per heavy atom. The molecule has 1 heterocycles. The van der Waals surface area contributed by atoms with Crippen LogP contribution in [0.5, 0.6) is 0 Å². The minimum atomic E-state index is 0.135. The van der Waals surface area contributed by atoms with E-state index < -0.39 is 0 Å². The fraction of sp³-hybridized carbons (Fsp3) is 0.412. The maximum Gasteiger partial charge on any atom is 0.125 e. The van der Waals surface area contributed by atoms with Crippen molar-refractivity contribution in [2.75, 3.05) is 6.54 Å². The zero-order chi connectivity index (χ0) is 14.5. The molecule has 3 nitrogen and oxygen atoms in total. The first-order chi connectivity index (χ1) is 9.61. The van der Waals surface area contributed by atoms with Crippen molar-refractivity contribution in [1.82, 2.24) is 15.3 Å². The SMILES string of the molecule is CCCNC(c1ccc(C)c(C)c1)c1ccnc(C)n1. The Morgan fingerprint density at radius 2 is 1.90 bits per heavy atom. The molecule has 20 heavy (non-hydrogen) atoms. The average Bonchev–Trinajstić information content (AvgIpc) is 2.43. The third-order valence-corrected chi connectivity index (χ3v) is 3.56. The van der Waals surface area contributed by atoms with Gasteiger partial charge in [0.1, 0.15) is 5.82 Å². The predicted molar refractivity (Wildman–Crippen MR) is 82.8 cm³/mol. The maximum atomic E-state index is 4.58. The van der Waals surface area contributed by atoms with E-state index >= 15 is 0 Å². The Hall–Kier alpha value is -1.74. The lowest BCUT2D eigenvalue weighted by Gasteiger charge is -2.19. The summed E-state index contributed by atoms with van der Waals surface area (Å²) in [5.74, 6) is 0.814. The van der Waals surface area contributed by atoms with Crippen molar-refractivity contribution in [2.45, 2.75) is 40.2 Å². The molecular formula is C17H23N3. The summed E-state index contributed by atoms with van der Waals surface area (Å²) < 4.78 is 0. The lowest BCUT2D eigenvalue weighted by Crippen LogP contribution is -2.24. The van der Waals surface area contributed by atoms with E-state index in [1.165, 1.54) is 16.7 Å². The number of nitrogens with zero attached hydrogens (tertiary/aromatic N) is 2. The van der Waals surface area contributed by atoms with Gasteiger partial charge >= 0.3 is 0 Å². The predicted octanol–water partition coefficient (Wildman–Crippen LogP) is 3.49. The molecule has 2 aromatic rings. The summed E-state index contributed by atoms with van der Waals surface area (Å²) in [6, 6.07) is 8.75. The van der Waals surface area contributed by atoms with Crippen molar-refractivity contribution < 1.29 is 0 Å². The Bertz CT molecular complexity index is 578. The number of rotatable bonds is 5. The summed E-state index contributed by atoms with van der Waals surface area (Å²) in [4.78, 5) is 8.77. The van der Waals surface area contributed by atoms with Crippen LogP contribution in [0.15, 0.2) is 30.5 Å². The second kappa shape index (κ2) is 6.62. The van der Waals surface area contributed by atoms with Crippen LogP contribution in [0.4, 0.5) is 0 Å². The monoisotopic (exact) mass is 269 g/mol. The third-order valence-electron chi connectivity index (χ3n) is 3.56. The van der Waals surface area contributed by atoms with Crippen LogP contribution in [-0.2, 0) is 0 Å². The van der Waals surface area contributed by atoms with Crippen molar-refractivity contribution in [2.24, 2.45) is 0 Å². The number of hydrogen-bond donors (Lipinski definition) is 1. The van der Waals surface area contributed by atoms with E-state index in [0.29, 0.717) is 0 Å². The molecular weight excluding hydrogens is 246 g/mol. The van der Waals surface area contributed by atoms with Gasteiger partial charge in [-0.2, -0.15) is 0 Å². The number of benzene rings is 1. The lowest BCUT2D eigenvalue weighted by molar-refractivity contribution is 0.583. The van der Waals surface area contributed by atoms with Crippen LogP contribution in [0.2, 0.25) is 0 Å². The van der Waals surface area contributed by atoms with Gasteiger partial charge in [0.25, 0.3) is 0 Å². The van der Waals surface area contributed by atoms with Crippen LogP contribution in [0, 0.1) is 20.8 Å². The smallest absolute Gasteiger partial charge is 0.125 e. The van der Waals surface area contributed by atoms with Crippen molar-refractivity contribution in [3.05, 3.63) is 58.7 Å². The molecule has 106 valence electrons. The van der Waals surface area contributed by atoms with Crippen LogP contribution < -0.4 is 5.32 Å². The zero-order valence-corrected chi connectivity index (χ0v) is 12.8. The molecule has 0 radical (unpaired) electrons. The molecule has 0 amide bonds. The third kappa shape index (κ3) is 3.42. The minimum absolute atomic E-state index is 0.135. The summed E-state index contributed by atoms with van der Waals surface area (Å²) in [6.45, 7) is 9.38. The lowest BCUT2D eigenvalue weighted by atomic mass is 9.98. The van der Waals surface area contributed by atoms with Crippen molar-refractivity contribution in [3.63, 3.8) is 0 Å². The summed E-state index contributed by atoms with van der Waals surface area (Å²) in [5, 5.41) is 3.59. The van der Waals surface area contributed by atoms with Gasteiger partial charge in [0, 0.05) is 6.20 Å². The fourth-order valence-electron chi connectivity index (χ4n) is 2.26. The van der Waals surface area contributed by atoms with Gasteiger partial charge in [0.05, 0.1) is 11.7 Å². The Balaban J connectivity index is 2.38. The normalized spacial score (nSPS) is 12.4. The highest BCUT2D eigenvalue weighted by molar-refractivity contribution is 5.35. The largest absolute Gasteiger partial charge is 0.305 e. The van der Waals surface area contributed by atoms with Crippen molar-refractivity contribution in [3.8, 4) is 0 Å². The molecule has 2 rings (SSSR count). The average molecular weight is 269 g/mol. The highest BCUT2D eigenvalue weighted by atomic mass is 15.0. The van der Waals surface area contributed by atoms with Crippen LogP contribution >= 0.6 is 0 Å². The van der Waals surface area contributed by atoms with E-state index in [1.807, 2.05) is 19.2 Å².